The Balaban J connectivity index is 2.82. The second-order valence-electron chi connectivity index (χ2n) is 1.74. The van der Waals surface area contributed by atoms with Crippen LogP contribution in [0.1, 0.15) is 0 Å². The Labute approximate surface area is 58.2 Å². The number of aliphatic imine (C=N–C) groups is 1. The number of hydrogen-bond acceptors (Lipinski definition) is 3. The van der Waals surface area contributed by atoms with Gasteiger partial charge in [-0.3, -0.25) is 0 Å². The van der Waals surface area contributed by atoms with Crippen LogP contribution in [0.15, 0.2) is 29.1 Å². The molecular formula is C6H7N2O2. The zero-order valence-corrected chi connectivity index (χ0v) is 5.23. The monoisotopic (exact) mass is 139 g/mol. The van der Waals surface area contributed by atoms with Crippen LogP contribution in [0.2, 0.25) is 0 Å². The van der Waals surface area contributed by atoms with Crippen LogP contribution >= 0.6 is 0 Å². The molecule has 0 saturated heterocycles. The lowest BCUT2D eigenvalue weighted by Gasteiger charge is -2.10. The molecule has 4 heteroatoms. The third-order valence-electron chi connectivity index (χ3n) is 1.06. The summed E-state index contributed by atoms with van der Waals surface area (Å²) in [4.78, 5) is 3.51. The molecule has 0 fully saturated rings. The van der Waals surface area contributed by atoms with Crippen molar-refractivity contribution in [2.24, 2.45) is 4.99 Å². The molecule has 1 aliphatic heterocycles. The summed E-state index contributed by atoms with van der Waals surface area (Å²) >= 11 is 0. The van der Waals surface area contributed by atoms with Crippen molar-refractivity contribution in [2.45, 2.75) is 6.35 Å². The van der Waals surface area contributed by atoms with Crippen LogP contribution < -0.4 is 5.32 Å². The molecule has 0 aromatic heterocycles. The zero-order valence-electron chi connectivity index (χ0n) is 5.23. The van der Waals surface area contributed by atoms with Crippen LogP contribution in [0, 0.1) is 0 Å². The summed E-state index contributed by atoms with van der Waals surface area (Å²) in [6.07, 6.45) is 1.57. The summed E-state index contributed by atoms with van der Waals surface area (Å²) < 4.78 is 0. The molecule has 1 rings (SSSR count). The lowest BCUT2D eigenvalue weighted by atomic mass is 10.3. The van der Waals surface area contributed by atoms with E-state index in [9.17, 15) is 0 Å². The third-order valence-corrected chi connectivity index (χ3v) is 1.06. The Morgan fingerprint density at radius 3 is 2.90 bits per heavy atom. The molecule has 0 spiro atoms. The smallest absolute Gasteiger partial charge is 0.246 e. The molecule has 0 bridgehead atoms. The summed E-state index contributed by atoms with van der Waals surface area (Å²) in [7, 11) is 0. The van der Waals surface area contributed by atoms with Gasteiger partial charge in [0.2, 0.25) is 12.2 Å². The van der Waals surface area contributed by atoms with Gasteiger partial charge in [0.25, 0.3) is 0 Å². The van der Waals surface area contributed by atoms with Gasteiger partial charge in [0.1, 0.15) is 0 Å². The molecule has 0 aromatic carbocycles. The van der Waals surface area contributed by atoms with E-state index in [1.54, 1.807) is 0 Å². The van der Waals surface area contributed by atoms with Gasteiger partial charge in [0.05, 0.1) is 5.57 Å². The van der Waals surface area contributed by atoms with Crippen LogP contribution in [0.25, 0.3) is 0 Å². The van der Waals surface area contributed by atoms with Gasteiger partial charge in [-0.25, -0.2) is 4.99 Å². The highest BCUT2D eigenvalue weighted by atomic mass is 16.3. The Hall–Kier alpha value is -1.29. The molecule has 1 unspecified atom stereocenters. The minimum Gasteiger partial charge on any atom is -0.493 e. The number of rotatable bonds is 1. The first-order chi connectivity index (χ1) is 4.74. The Morgan fingerprint density at radius 2 is 2.40 bits per heavy atom. The zero-order chi connectivity index (χ0) is 7.56. The minimum absolute atomic E-state index is 0.225. The van der Waals surface area contributed by atoms with E-state index in [4.69, 9.17) is 10.2 Å². The van der Waals surface area contributed by atoms with E-state index in [0.29, 0.717) is 5.57 Å². The molecule has 1 atom stereocenters. The normalized spacial score (nSPS) is 24.3. The quantitative estimate of drug-likeness (QED) is 0.533. The topological polar surface area (TPSA) is 66.9 Å². The molecule has 53 valence electrons. The summed E-state index contributed by atoms with van der Waals surface area (Å²) in [6, 6.07) is 0. The van der Waals surface area contributed by atoms with Crippen LogP contribution in [0.3, 0.4) is 0 Å². The number of aliphatic hydroxyl groups is 2. The van der Waals surface area contributed by atoms with Crippen LogP contribution in [0.4, 0.5) is 0 Å². The molecule has 0 aromatic rings. The molecule has 0 aliphatic carbocycles. The Morgan fingerprint density at radius 1 is 1.70 bits per heavy atom. The van der Waals surface area contributed by atoms with E-state index >= 15 is 0 Å². The van der Waals surface area contributed by atoms with Crippen molar-refractivity contribution < 1.29 is 10.2 Å². The second-order valence-corrected chi connectivity index (χ2v) is 1.74. The molecule has 0 saturated carbocycles. The molecule has 1 radical (unpaired) electrons. The van der Waals surface area contributed by atoms with E-state index in [2.05, 4.69) is 16.9 Å². The minimum atomic E-state index is -1.16. The van der Waals surface area contributed by atoms with Gasteiger partial charge < -0.3 is 10.2 Å². The SMILES string of the molecule is C=CC1=C(O)[N]C(O)N=C1. The van der Waals surface area contributed by atoms with Crippen molar-refractivity contribution >= 4 is 6.21 Å². The van der Waals surface area contributed by atoms with Crippen molar-refractivity contribution in [1.29, 1.82) is 0 Å². The van der Waals surface area contributed by atoms with Crippen molar-refractivity contribution in [2.75, 3.05) is 0 Å². The average Bonchev–Trinajstić information content (AvgIpc) is 1.88. The fourth-order valence-electron chi connectivity index (χ4n) is 0.566. The Kier molecular flexibility index (Phi) is 1.73. The number of hydrogen-bond donors (Lipinski definition) is 2. The number of aliphatic hydroxyl groups excluding tert-OH is 2. The molecule has 0 amide bonds. The van der Waals surface area contributed by atoms with E-state index < -0.39 is 6.35 Å². The predicted molar refractivity (Wildman–Crippen MR) is 36.5 cm³/mol. The predicted octanol–water partition coefficient (Wildman–Crippen LogP) is -0.0933. The fourth-order valence-corrected chi connectivity index (χ4v) is 0.566. The van der Waals surface area contributed by atoms with Crippen LogP contribution in [0.5, 0.6) is 0 Å². The molecule has 4 nitrogen and oxygen atoms in total. The van der Waals surface area contributed by atoms with E-state index in [0.717, 1.165) is 0 Å². The molecule has 1 aliphatic rings. The average molecular weight is 139 g/mol. The number of allylic oxidation sites excluding steroid dienone is 2. The highest BCUT2D eigenvalue weighted by Gasteiger charge is 2.11. The van der Waals surface area contributed by atoms with Gasteiger partial charge in [0, 0.05) is 6.21 Å². The fraction of sp³-hybridized carbons (Fsp3) is 0.167. The lowest BCUT2D eigenvalue weighted by molar-refractivity contribution is 0.130. The maximum Gasteiger partial charge on any atom is 0.246 e. The molecule has 10 heavy (non-hydrogen) atoms. The largest absolute Gasteiger partial charge is 0.493 e. The highest BCUT2D eigenvalue weighted by Crippen LogP contribution is 2.05. The molecule has 2 N–H and O–H groups in total. The summed E-state index contributed by atoms with van der Waals surface area (Å²) in [5.74, 6) is -0.225. The van der Waals surface area contributed by atoms with Crippen molar-refractivity contribution in [3.8, 4) is 0 Å². The summed E-state index contributed by atoms with van der Waals surface area (Å²) in [5.41, 5.74) is 0.422. The van der Waals surface area contributed by atoms with Gasteiger partial charge in [0.15, 0.2) is 0 Å². The molecular weight excluding hydrogens is 132 g/mol. The number of nitrogens with zero attached hydrogens (tertiary/aromatic N) is 2. The molecule has 1 heterocycles. The van der Waals surface area contributed by atoms with Gasteiger partial charge in [-0.05, 0) is 0 Å². The van der Waals surface area contributed by atoms with Gasteiger partial charge in [-0.15, -0.1) is 0 Å². The third kappa shape index (κ3) is 1.16. The first kappa shape index (κ1) is 6.82. The van der Waals surface area contributed by atoms with Crippen LogP contribution in [-0.4, -0.2) is 22.8 Å². The summed E-state index contributed by atoms with van der Waals surface area (Å²) in [6.45, 7) is 3.41. The maximum absolute atomic E-state index is 8.93. The first-order valence-electron chi connectivity index (χ1n) is 2.72. The lowest BCUT2D eigenvalue weighted by Crippen LogP contribution is -2.23. The van der Waals surface area contributed by atoms with E-state index in [1.165, 1.54) is 12.3 Å². The van der Waals surface area contributed by atoms with Gasteiger partial charge >= 0.3 is 0 Å². The summed E-state index contributed by atoms with van der Waals surface area (Å²) in [5, 5.41) is 21.0. The van der Waals surface area contributed by atoms with E-state index in [-0.39, 0.29) is 5.88 Å². The van der Waals surface area contributed by atoms with Crippen molar-refractivity contribution in [3.05, 3.63) is 24.1 Å². The standard InChI is InChI=1S/C6H7N2O2/c1-2-4-3-7-6(10)8-5(4)9/h2-3,6,9-10H,1H2. The maximum atomic E-state index is 8.93. The first-order valence-corrected chi connectivity index (χ1v) is 2.72. The van der Waals surface area contributed by atoms with Gasteiger partial charge in [-0.1, -0.05) is 12.7 Å². The second kappa shape index (κ2) is 2.53. The van der Waals surface area contributed by atoms with Crippen molar-refractivity contribution in [1.82, 2.24) is 5.32 Å². The highest BCUT2D eigenvalue weighted by molar-refractivity contribution is 5.83. The Bertz CT molecular complexity index is 208. The van der Waals surface area contributed by atoms with E-state index in [1.807, 2.05) is 0 Å². The van der Waals surface area contributed by atoms with Crippen LogP contribution in [-0.2, 0) is 0 Å². The van der Waals surface area contributed by atoms with Gasteiger partial charge in [-0.2, -0.15) is 5.32 Å². The van der Waals surface area contributed by atoms with Crippen molar-refractivity contribution in [3.63, 3.8) is 0 Å².